The highest BCUT2D eigenvalue weighted by molar-refractivity contribution is 7.92. The SMILES string of the molecule is CC(C)(C)OC(=O)NC(=NCc1ccc2cccc(NS(=O)(=O)c3ccc(C(F)(F)F)cc3)c2n1)NC(=O)OC(C)(C)C. The molecule has 3 N–H and O–H groups in total. The van der Waals surface area contributed by atoms with Gasteiger partial charge < -0.3 is 9.47 Å². The molecule has 1 aromatic heterocycles. The summed E-state index contributed by atoms with van der Waals surface area (Å²) in [5, 5.41) is 5.27. The van der Waals surface area contributed by atoms with E-state index in [-0.39, 0.29) is 28.6 Å². The normalized spacial score (nSPS) is 12.3. The predicted molar refractivity (Wildman–Crippen MR) is 154 cm³/mol. The summed E-state index contributed by atoms with van der Waals surface area (Å²) in [6, 6.07) is 11.1. The van der Waals surface area contributed by atoms with Gasteiger partial charge in [-0.05, 0) is 77.9 Å². The van der Waals surface area contributed by atoms with Crippen molar-refractivity contribution in [1.82, 2.24) is 15.6 Å². The molecule has 0 fully saturated rings. The molecule has 11 nitrogen and oxygen atoms in total. The highest BCUT2D eigenvalue weighted by atomic mass is 32.2. The largest absolute Gasteiger partial charge is 0.444 e. The maximum Gasteiger partial charge on any atom is 0.416 e. The van der Waals surface area contributed by atoms with Crippen molar-refractivity contribution in [1.29, 1.82) is 0 Å². The number of amides is 2. The predicted octanol–water partition coefficient (Wildman–Crippen LogP) is 5.96. The van der Waals surface area contributed by atoms with Crippen LogP contribution in [0.25, 0.3) is 10.9 Å². The number of para-hydroxylation sites is 1. The number of rotatable bonds is 5. The summed E-state index contributed by atoms with van der Waals surface area (Å²) in [7, 11) is -4.27. The quantitative estimate of drug-likeness (QED) is 0.235. The fourth-order valence-corrected chi connectivity index (χ4v) is 4.52. The number of alkyl carbamates (subject to hydrolysis) is 2. The van der Waals surface area contributed by atoms with Gasteiger partial charge in [0.25, 0.3) is 10.0 Å². The third kappa shape index (κ3) is 10.1. The Balaban J connectivity index is 1.89. The summed E-state index contributed by atoms with van der Waals surface area (Å²) in [4.78, 5) is 33.0. The first-order valence-corrected chi connectivity index (χ1v) is 14.3. The van der Waals surface area contributed by atoms with Crippen LogP contribution < -0.4 is 15.4 Å². The third-order valence-electron chi connectivity index (χ3n) is 5.15. The average Bonchev–Trinajstić information content (AvgIpc) is 2.84. The molecule has 0 bridgehead atoms. The van der Waals surface area contributed by atoms with Crippen molar-refractivity contribution in [3.8, 4) is 0 Å². The second kappa shape index (κ2) is 12.5. The third-order valence-corrected chi connectivity index (χ3v) is 6.53. The van der Waals surface area contributed by atoms with Gasteiger partial charge in [-0.1, -0.05) is 18.2 Å². The highest BCUT2D eigenvalue weighted by Crippen LogP contribution is 2.30. The molecule has 2 aromatic carbocycles. The van der Waals surface area contributed by atoms with Crippen molar-refractivity contribution in [2.24, 2.45) is 4.99 Å². The lowest BCUT2D eigenvalue weighted by Crippen LogP contribution is -2.47. The van der Waals surface area contributed by atoms with Gasteiger partial charge in [0.1, 0.15) is 11.2 Å². The van der Waals surface area contributed by atoms with Gasteiger partial charge >= 0.3 is 18.4 Å². The number of nitrogens with zero attached hydrogens (tertiary/aromatic N) is 2. The number of pyridine rings is 1. The van der Waals surface area contributed by atoms with Crippen molar-refractivity contribution in [2.75, 3.05) is 4.72 Å². The molecule has 0 saturated carbocycles. The topological polar surface area (TPSA) is 148 Å². The Kier molecular flexibility index (Phi) is 9.59. The molecule has 0 spiro atoms. The smallest absolute Gasteiger partial charge is 0.416 e. The van der Waals surface area contributed by atoms with Crippen LogP contribution in [-0.4, -0.2) is 42.7 Å². The summed E-state index contributed by atoms with van der Waals surface area (Å²) < 4.78 is 77.5. The number of carbonyl (C=O) groups excluding carboxylic acids is 2. The number of hydrogen-bond donors (Lipinski definition) is 3. The second-order valence-electron chi connectivity index (χ2n) is 11.2. The Bertz CT molecular complexity index is 1600. The minimum atomic E-state index is -4.61. The summed E-state index contributed by atoms with van der Waals surface area (Å²) in [6.45, 7) is 9.79. The first kappa shape index (κ1) is 33.1. The number of ether oxygens (including phenoxy) is 2. The Morgan fingerprint density at radius 3 is 1.91 bits per heavy atom. The van der Waals surface area contributed by atoms with Gasteiger partial charge in [0.2, 0.25) is 5.96 Å². The van der Waals surface area contributed by atoms with Crippen molar-refractivity contribution in [3.05, 3.63) is 65.9 Å². The standard InChI is InChI=1S/C28H32F3N5O6S/c1-26(2,3)41-24(37)34-23(35-25(38)42-27(4,5)6)32-16-19-13-10-17-8-7-9-21(22(17)33-19)36-43(39,40)20-14-11-18(12-15-20)28(29,30)31/h7-15,36H,16H2,1-6H3,(H2,32,34,35,37,38). The van der Waals surface area contributed by atoms with Crippen LogP contribution in [0, 0.1) is 0 Å². The monoisotopic (exact) mass is 623 g/mol. The van der Waals surface area contributed by atoms with E-state index in [1.54, 1.807) is 65.8 Å². The molecule has 43 heavy (non-hydrogen) atoms. The van der Waals surface area contributed by atoms with E-state index in [1.165, 1.54) is 6.07 Å². The van der Waals surface area contributed by atoms with Gasteiger partial charge in [0, 0.05) is 5.39 Å². The number of nitrogens with one attached hydrogen (secondary N) is 3. The Labute approximate surface area is 246 Å². The van der Waals surface area contributed by atoms with Crippen molar-refractivity contribution < 1.29 is 40.7 Å². The molecule has 0 saturated heterocycles. The van der Waals surface area contributed by atoms with Crippen LogP contribution in [0.15, 0.2) is 64.5 Å². The zero-order valence-electron chi connectivity index (χ0n) is 24.3. The van der Waals surface area contributed by atoms with Gasteiger partial charge in [0.15, 0.2) is 0 Å². The van der Waals surface area contributed by atoms with Gasteiger partial charge in [-0.2, -0.15) is 13.2 Å². The van der Waals surface area contributed by atoms with E-state index in [0.717, 1.165) is 12.1 Å². The molecule has 0 aliphatic rings. The number of alkyl halides is 3. The van der Waals surface area contributed by atoms with E-state index in [2.05, 4.69) is 25.3 Å². The number of aromatic nitrogens is 1. The zero-order chi connectivity index (χ0) is 32.2. The van der Waals surface area contributed by atoms with Crippen LogP contribution in [0.4, 0.5) is 28.4 Å². The first-order chi connectivity index (χ1) is 19.7. The second-order valence-corrected chi connectivity index (χ2v) is 12.9. The molecule has 0 unspecified atom stereocenters. The lowest BCUT2D eigenvalue weighted by molar-refractivity contribution is -0.137. The number of anilines is 1. The first-order valence-electron chi connectivity index (χ1n) is 12.8. The van der Waals surface area contributed by atoms with Crippen LogP contribution in [-0.2, 0) is 32.2 Å². The molecule has 3 aromatic rings. The van der Waals surface area contributed by atoms with Crippen molar-refractivity contribution in [3.63, 3.8) is 0 Å². The molecule has 0 aliphatic carbocycles. The van der Waals surface area contributed by atoms with E-state index >= 15 is 0 Å². The number of sulfonamides is 1. The Morgan fingerprint density at radius 1 is 0.837 bits per heavy atom. The van der Waals surface area contributed by atoms with E-state index in [4.69, 9.17) is 9.47 Å². The molecule has 3 rings (SSSR count). The maximum atomic E-state index is 13.0. The zero-order valence-corrected chi connectivity index (χ0v) is 25.1. The van der Waals surface area contributed by atoms with Gasteiger partial charge in [-0.25, -0.2) is 28.0 Å². The highest BCUT2D eigenvalue weighted by Gasteiger charge is 2.31. The molecular formula is C28H32F3N5O6S. The number of fused-ring (bicyclic) bond motifs is 1. The number of aliphatic imine (C=N–C) groups is 1. The summed E-state index contributed by atoms with van der Waals surface area (Å²) in [5.74, 6) is -0.276. The summed E-state index contributed by atoms with van der Waals surface area (Å²) >= 11 is 0. The van der Waals surface area contributed by atoms with Gasteiger partial charge in [-0.3, -0.25) is 15.4 Å². The van der Waals surface area contributed by atoms with Gasteiger partial charge in [-0.15, -0.1) is 0 Å². The fourth-order valence-electron chi connectivity index (χ4n) is 3.46. The Hall–Kier alpha value is -4.40. The van der Waals surface area contributed by atoms with Crippen molar-refractivity contribution >= 4 is 44.8 Å². The Morgan fingerprint density at radius 2 is 1.40 bits per heavy atom. The molecule has 232 valence electrons. The van der Waals surface area contributed by atoms with Crippen LogP contribution in [0.1, 0.15) is 52.8 Å². The van der Waals surface area contributed by atoms with E-state index in [1.807, 2.05) is 0 Å². The minimum Gasteiger partial charge on any atom is -0.444 e. The molecule has 0 atom stereocenters. The lowest BCUT2D eigenvalue weighted by Gasteiger charge is -2.22. The molecule has 1 heterocycles. The van der Waals surface area contributed by atoms with E-state index < -0.39 is 45.2 Å². The summed E-state index contributed by atoms with van der Waals surface area (Å²) in [5.41, 5.74) is -2.01. The number of hydrogen-bond acceptors (Lipinski definition) is 8. The number of carbonyl (C=O) groups is 2. The van der Waals surface area contributed by atoms with E-state index in [0.29, 0.717) is 23.2 Å². The number of benzene rings is 2. The van der Waals surface area contributed by atoms with Crippen LogP contribution in [0.2, 0.25) is 0 Å². The fraction of sp³-hybridized carbons (Fsp3) is 0.357. The molecule has 2 amide bonds. The minimum absolute atomic E-state index is 0.0715. The van der Waals surface area contributed by atoms with Gasteiger partial charge in [0.05, 0.1) is 33.9 Å². The molecule has 15 heteroatoms. The molecule has 0 radical (unpaired) electrons. The van der Waals surface area contributed by atoms with Crippen LogP contribution >= 0.6 is 0 Å². The number of guanidine groups is 1. The summed E-state index contributed by atoms with van der Waals surface area (Å²) in [6.07, 6.45) is -6.37. The molecule has 0 aliphatic heterocycles. The van der Waals surface area contributed by atoms with Crippen LogP contribution in [0.5, 0.6) is 0 Å². The molecular weight excluding hydrogens is 591 g/mol. The van der Waals surface area contributed by atoms with E-state index in [9.17, 15) is 31.2 Å². The average molecular weight is 624 g/mol. The number of halogens is 3. The van der Waals surface area contributed by atoms with Crippen molar-refractivity contribution in [2.45, 2.75) is 70.4 Å². The maximum absolute atomic E-state index is 13.0. The lowest BCUT2D eigenvalue weighted by atomic mass is 10.2. The van der Waals surface area contributed by atoms with Crippen LogP contribution in [0.3, 0.4) is 0 Å².